The van der Waals surface area contributed by atoms with Gasteiger partial charge in [0.05, 0.1) is 11.6 Å². The maximum Gasteiger partial charge on any atom is 0.335 e. The largest absolute Gasteiger partial charge is 0.478 e. The number of carbonyl (C=O) groups is 1. The van der Waals surface area contributed by atoms with Crippen LogP contribution in [0.4, 0.5) is 0 Å². The van der Waals surface area contributed by atoms with E-state index in [-0.39, 0.29) is 23.2 Å². The fourth-order valence-electron chi connectivity index (χ4n) is 6.33. The van der Waals surface area contributed by atoms with Crippen LogP contribution in [0.25, 0.3) is 10.9 Å². The zero-order valence-electron chi connectivity index (χ0n) is 26.8. The van der Waals surface area contributed by atoms with Crippen molar-refractivity contribution < 1.29 is 18.3 Å². The highest BCUT2D eigenvalue weighted by Gasteiger charge is 2.26. The topological polar surface area (TPSA) is 106 Å². The quantitative estimate of drug-likeness (QED) is 0.133. The second-order valence-corrected chi connectivity index (χ2v) is 14.1. The summed E-state index contributed by atoms with van der Waals surface area (Å²) >= 11 is 6.63. The van der Waals surface area contributed by atoms with Crippen LogP contribution in [0.5, 0.6) is 0 Å². The van der Waals surface area contributed by atoms with Crippen molar-refractivity contribution in [3.8, 4) is 0 Å². The number of carboxylic acids is 1. The number of rotatable bonds is 13. The molecule has 2 N–H and O–H groups in total. The van der Waals surface area contributed by atoms with Crippen LogP contribution in [0, 0.1) is 6.92 Å². The lowest BCUT2D eigenvalue weighted by Crippen LogP contribution is -2.27. The molecule has 6 aromatic rings. The van der Waals surface area contributed by atoms with Crippen molar-refractivity contribution in [2.45, 2.75) is 43.7 Å². The number of carboxylic acid groups (broad SMARTS) is 1. The molecule has 0 bridgehead atoms. The summed E-state index contributed by atoms with van der Waals surface area (Å²) in [6.07, 6.45) is 4.20. The molecule has 0 unspecified atom stereocenters. The van der Waals surface area contributed by atoms with E-state index in [2.05, 4.69) is 44.6 Å². The maximum atomic E-state index is 13.3. The van der Waals surface area contributed by atoms with Crippen LogP contribution >= 0.6 is 11.6 Å². The Balaban J connectivity index is 1.43. The number of fused-ring (bicyclic) bond motifs is 1. The summed E-state index contributed by atoms with van der Waals surface area (Å²) in [5.41, 5.74) is 6.66. The summed E-state index contributed by atoms with van der Waals surface area (Å²) in [6, 6.07) is 33.4. The van der Waals surface area contributed by atoms with E-state index >= 15 is 0 Å². The van der Waals surface area contributed by atoms with Gasteiger partial charge in [-0.05, 0) is 78.8 Å². The van der Waals surface area contributed by atoms with E-state index in [1.807, 2.05) is 60.7 Å². The van der Waals surface area contributed by atoms with Crippen molar-refractivity contribution >= 4 is 38.5 Å². The standard InChI is InChI=1S/C38H37ClN4O4S/c1-26-41-36(25-42(26)2)48(46,47)40-23-22-35-32(15-9-10-27-16-18-30(19-17-27)38(44)45)33-24-31(39)20-21-34(33)43(35)37(28-11-5-3-6-12-28)29-13-7-4-8-14-29/h3-8,11-14,16-21,24-25,37,40H,9-10,15,22-23H2,1-2H3,(H,44,45). The predicted molar refractivity (Wildman–Crippen MR) is 189 cm³/mol. The lowest BCUT2D eigenvalue weighted by atomic mass is 9.97. The van der Waals surface area contributed by atoms with E-state index in [9.17, 15) is 18.3 Å². The molecule has 48 heavy (non-hydrogen) atoms. The number of hydrogen-bond donors (Lipinski definition) is 2. The van der Waals surface area contributed by atoms with Gasteiger partial charge in [-0.2, -0.15) is 0 Å². The number of nitrogens with one attached hydrogen (secondary N) is 1. The number of aromatic carboxylic acids is 1. The molecule has 2 aromatic heterocycles. The Morgan fingerprint density at radius 3 is 2.12 bits per heavy atom. The molecule has 0 aliphatic carbocycles. The highest BCUT2D eigenvalue weighted by molar-refractivity contribution is 7.89. The van der Waals surface area contributed by atoms with Gasteiger partial charge >= 0.3 is 5.97 Å². The first-order valence-corrected chi connectivity index (χ1v) is 17.7. The molecule has 0 aliphatic rings. The predicted octanol–water partition coefficient (Wildman–Crippen LogP) is 7.37. The molecule has 0 spiro atoms. The van der Waals surface area contributed by atoms with Gasteiger partial charge in [-0.3, -0.25) is 0 Å². The van der Waals surface area contributed by atoms with Gasteiger partial charge in [0.1, 0.15) is 5.82 Å². The zero-order valence-corrected chi connectivity index (χ0v) is 28.4. The summed E-state index contributed by atoms with van der Waals surface area (Å²) in [4.78, 5) is 15.6. The van der Waals surface area contributed by atoms with Gasteiger partial charge in [-0.15, -0.1) is 0 Å². The summed E-state index contributed by atoms with van der Waals surface area (Å²) < 4.78 is 33.4. The van der Waals surface area contributed by atoms with Gasteiger partial charge in [0, 0.05) is 47.8 Å². The van der Waals surface area contributed by atoms with Crippen molar-refractivity contribution in [1.29, 1.82) is 0 Å². The maximum absolute atomic E-state index is 13.3. The molecule has 6 rings (SSSR count). The van der Waals surface area contributed by atoms with Crippen LogP contribution < -0.4 is 4.72 Å². The number of benzene rings is 4. The highest BCUT2D eigenvalue weighted by Crippen LogP contribution is 2.38. The molecule has 2 heterocycles. The average Bonchev–Trinajstić information content (AvgIpc) is 3.58. The summed E-state index contributed by atoms with van der Waals surface area (Å²) in [7, 11) is -2.07. The molecular weight excluding hydrogens is 644 g/mol. The summed E-state index contributed by atoms with van der Waals surface area (Å²) in [5.74, 6) is -0.336. The van der Waals surface area contributed by atoms with Crippen LogP contribution in [0.15, 0.2) is 114 Å². The number of hydrogen-bond acceptors (Lipinski definition) is 4. The van der Waals surface area contributed by atoms with E-state index in [1.165, 1.54) is 6.20 Å². The minimum atomic E-state index is -3.84. The first-order valence-electron chi connectivity index (χ1n) is 15.9. The molecule has 0 fully saturated rings. The molecule has 8 nitrogen and oxygen atoms in total. The van der Waals surface area contributed by atoms with E-state index in [0.717, 1.165) is 51.7 Å². The third-order valence-electron chi connectivity index (χ3n) is 8.78. The fourth-order valence-corrected chi connectivity index (χ4v) is 7.57. The van der Waals surface area contributed by atoms with Crippen LogP contribution in [0.2, 0.25) is 5.02 Å². The molecule has 0 aliphatic heterocycles. The lowest BCUT2D eigenvalue weighted by molar-refractivity contribution is 0.0697. The zero-order chi connectivity index (χ0) is 33.8. The van der Waals surface area contributed by atoms with Crippen LogP contribution in [-0.4, -0.2) is 40.2 Å². The van der Waals surface area contributed by atoms with Gasteiger partial charge < -0.3 is 14.2 Å². The molecule has 0 amide bonds. The Labute approximate surface area is 285 Å². The lowest BCUT2D eigenvalue weighted by Gasteiger charge is -2.25. The highest BCUT2D eigenvalue weighted by atomic mass is 35.5. The van der Waals surface area contributed by atoms with Crippen molar-refractivity contribution in [2.75, 3.05) is 6.54 Å². The number of halogens is 1. The molecule has 0 saturated carbocycles. The molecule has 0 radical (unpaired) electrons. The third-order valence-corrected chi connectivity index (χ3v) is 10.3. The Morgan fingerprint density at radius 2 is 1.54 bits per heavy atom. The second-order valence-electron chi connectivity index (χ2n) is 11.9. The van der Waals surface area contributed by atoms with Gasteiger partial charge in [-0.1, -0.05) is 84.4 Å². The molecule has 10 heteroatoms. The third kappa shape index (κ3) is 7.08. The minimum Gasteiger partial charge on any atom is -0.478 e. The number of aromatic nitrogens is 3. The van der Waals surface area contributed by atoms with Crippen molar-refractivity contribution in [2.24, 2.45) is 7.05 Å². The average molecular weight is 681 g/mol. The Hall–Kier alpha value is -4.70. The van der Waals surface area contributed by atoms with E-state index < -0.39 is 16.0 Å². The SMILES string of the molecule is Cc1nc(S(=O)(=O)NCCc2c(CCCc3ccc(C(=O)O)cc3)c3cc(Cl)ccc3n2C(c2ccccc2)c2ccccc2)cn1C. The van der Waals surface area contributed by atoms with E-state index in [1.54, 1.807) is 30.7 Å². The molecule has 246 valence electrons. The minimum absolute atomic E-state index is 0.00425. The van der Waals surface area contributed by atoms with E-state index in [0.29, 0.717) is 23.7 Å². The number of aryl methyl sites for hydroxylation is 4. The molecule has 4 aromatic carbocycles. The molecule has 0 saturated heterocycles. The first-order chi connectivity index (χ1) is 23.1. The van der Waals surface area contributed by atoms with Crippen LogP contribution in [0.1, 0.15) is 56.6 Å². The van der Waals surface area contributed by atoms with E-state index in [4.69, 9.17) is 11.6 Å². The Bertz CT molecular complexity index is 2100. The molecular formula is C38H37ClN4O4S. The van der Waals surface area contributed by atoms with Gasteiger partial charge in [0.25, 0.3) is 10.0 Å². The first kappa shape index (κ1) is 33.2. The van der Waals surface area contributed by atoms with Gasteiger partial charge in [0.15, 0.2) is 5.03 Å². The van der Waals surface area contributed by atoms with Crippen molar-refractivity contribution in [3.63, 3.8) is 0 Å². The Morgan fingerprint density at radius 1 is 0.896 bits per heavy atom. The van der Waals surface area contributed by atoms with Crippen molar-refractivity contribution in [3.05, 3.63) is 154 Å². The second kappa shape index (κ2) is 14.2. The van der Waals surface area contributed by atoms with Gasteiger partial charge in [-0.25, -0.2) is 22.9 Å². The summed E-state index contributed by atoms with van der Waals surface area (Å²) in [5, 5.41) is 11.0. The number of sulfonamides is 1. The van der Waals surface area contributed by atoms with Crippen LogP contribution in [-0.2, 0) is 36.3 Å². The van der Waals surface area contributed by atoms with Crippen LogP contribution in [0.3, 0.4) is 0 Å². The summed E-state index contributed by atoms with van der Waals surface area (Å²) in [6.45, 7) is 1.94. The smallest absolute Gasteiger partial charge is 0.335 e. The number of imidazole rings is 1. The monoisotopic (exact) mass is 680 g/mol. The van der Waals surface area contributed by atoms with Gasteiger partial charge in [0.2, 0.25) is 0 Å². The van der Waals surface area contributed by atoms with Crippen molar-refractivity contribution in [1.82, 2.24) is 18.8 Å². The Kier molecular flexibility index (Phi) is 9.82. The fraction of sp³-hybridized carbons (Fsp3) is 0.211. The molecule has 0 atom stereocenters. The normalized spacial score (nSPS) is 11.8. The number of nitrogens with zero attached hydrogens (tertiary/aromatic N) is 3.